The number of hydrogen-bond donors (Lipinski definition) is 2. The number of aliphatic hydroxyl groups excluding tert-OH is 1. The lowest BCUT2D eigenvalue weighted by Crippen LogP contribution is -2.34. The Labute approximate surface area is 111 Å². The van der Waals surface area contributed by atoms with E-state index >= 15 is 0 Å². The fraction of sp³-hybridized carbons (Fsp3) is 0.667. The highest BCUT2D eigenvalue weighted by atomic mass is 35.5. The molecule has 100 valence electrons. The van der Waals surface area contributed by atoms with Crippen LogP contribution < -0.4 is 5.32 Å². The van der Waals surface area contributed by atoms with Crippen molar-refractivity contribution in [2.24, 2.45) is 13.0 Å². The first-order valence-corrected chi connectivity index (χ1v) is 6.49. The van der Waals surface area contributed by atoms with Crippen molar-refractivity contribution in [3.05, 3.63) is 16.4 Å². The van der Waals surface area contributed by atoms with E-state index in [2.05, 4.69) is 10.4 Å². The molecular weight excluding hydrogens is 254 g/mol. The van der Waals surface area contributed by atoms with Crippen molar-refractivity contribution in [3.63, 3.8) is 0 Å². The third kappa shape index (κ3) is 3.03. The maximum atomic E-state index is 11.8. The Balaban J connectivity index is 1.86. The van der Waals surface area contributed by atoms with Crippen LogP contribution in [0, 0.1) is 12.8 Å². The van der Waals surface area contributed by atoms with Gasteiger partial charge in [-0.25, -0.2) is 0 Å². The molecule has 0 saturated heterocycles. The van der Waals surface area contributed by atoms with Crippen LogP contribution in [0.3, 0.4) is 0 Å². The minimum atomic E-state index is -0.417. The average Bonchev–Trinajstić information content (AvgIpc) is 3.12. The summed E-state index contributed by atoms with van der Waals surface area (Å²) in [6.45, 7) is 2.15. The first-order chi connectivity index (χ1) is 8.49. The highest BCUT2D eigenvalue weighted by Crippen LogP contribution is 2.32. The van der Waals surface area contributed by atoms with E-state index in [1.165, 1.54) is 0 Å². The number of aliphatic hydroxyl groups is 1. The molecule has 0 bridgehead atoms. The molecule has 0 radical (unpaired) electrons. The molecule has 1 aromatic heterocycles. The Morgan fingerprint density at radius 3 is 2.83 bits per heavy atom. The normalized spacial score (nSPS) is 16.7. The molecule has 6 heteroatoms. The average molecular weight is 272 g/mol. The first kappa shape index (κ1) is 13.4. The van der Waals surface area contributed by atoms with Crippen LogP contribution in [0.15, 0.2) is 0 Å². The fourth-order valence-corrected chi connectivity index (χ4v) is 2.21. The van der Waals surface area contributed by atoms with E-state index in [4.69, 9.17) is 11.6 Å². The van der Waals surface area contributed by atoms with Gasteiger partial charge in [-0.1, -0.05) is 11.6 Å². The van der Waals surface area contributed by atoms with Crippen LogP contribution in [0.1, 0.15) is 24.1 Å². The number of carbonyl (C=O) groups is 1. The highest BCUT2D eigenvalue weighted by molar-refractivity contribution is 6.30. The number of nitrogens with zero attached hydrogens (tertiary/aromatic N) is 2. The molecule has 1 amide bonds. The zero-order valence-corrected chi connectivity index (χ0v) is 11.4. The zero-order chi connectivity index (χ0) is 13.3. The van der Waals surface area contributed by atoms with Crippen molar-refractivity contribution in [2.45, 2.75) is 32.3 Å². The number of carbonyl (C=O) groups excluding carboxylic acids is 1. The Morgan fingerprint density at radius 1 is 1.67 bits per heavy atom. The van der Waals surface area contributed by atoms with Gasteiger partial charge in [-0.3, -0.25) is 9.48 Å². The van der Waals surface area contributed by atoms with Gasteiger partial charge in [0.05, 0.1) is 18.2 Å². The summed E-state index contributed by atoms with van der Waals surface area (Å²) in [6.07, 6.45) is 1.91. The number of hydrogen-bond acceptors (Lipinski definition) is 3. The molecule has 1 heterocycles. The predicted molar refractivity (Wildman–Crippen MR) is 68.4 cm³/mol. The molecule has 1 aliphatic carbocycles. The standard InChI is InChI=1S/C12H18ClN3O2/c1-7-9(12(13)16(2)15-7)5-11(18)14-6-10(17)8-3-4-8/h8,10,17H,3-6H2,1-2H3,(H,14,18). The second-order valence-corrected chi connectivity index (χ2v) is 5.22. The Kier molecular flexibility index (Phi) is 3.92. The number of amides is 1. The minimum absolute atomic E-state index is 0.132. The van der Waals surface area contributed by atoms with Crippen LogP contribution in [-0.4, -0.2) is 33.4 Å². The van der Waals surface area contributed by atoms with Gasteiger partial charge >= 0.3 is 0 Å². The van der Waals surface area contributed by atoms with E-state index in [1.54, 1.807) is 11.7 Å². The van der Waals surface area contributed by atoms with E-state index in [0.717, 1.165) is 24.1 Å². The molecular formula is C12H18ClN3O2. The zero-order valence-electron chi connectivity index (χ0n) is 10.6. The first-order valence-electron chi connectivity index (χ1n) is 6.11. The summed E-state index contributed by atoms with van der Waals surface area (Å²) < 4.78 is 1.55. The van der Waals surface area contributed by atoms with Crippen molar-refractivity contribution in [3.8, 4) is 0 Å². The Bertz CT molecular complexity index is 454. The van der Waals surface area contributed by atoms with E-state index in [0.29, 0.717) is 17.6 Å². The van der Waals surface area contributed by atoms with Crippen molar-refractivity contribution < 1.29 is 9.90 Å². The summed E-state index contributed by atoms with van der Waals surface area (Å²) in [5, 5.41) is 17.0. The number of halogens is 1. The monoisotopic (exact) mass is 271 g/mol. The number of nitrogens with one attached hydrogen (secondary N) is 1. The molecule has 0 aromatic carbocycles. The van der Waals surface area contributed by atoms with Crippen LogP contribution in [0.2, 0.25) is 5.15 Å². The maximum absolute atomic E-state index is 11.8. The predicted octanol–water partition coefficient (Wildman–Crippen LogP) is 0.812. The fourth-order valence-electron chi connectivity index (χ4n) is 1.96. The Morgan fingerprint density at radius 2 is 2.33 bits per heavy atom. The molecule has 1 aliphatic rings. The quantitative estimate of drug-likeness (QED) is 0.833. The largest absolute Gasteiger partial charge is 0.391 e. The lowest BCUT2D eigenvalue weighted by molar-refractivity contribution is -0.120. The molecule has 0 spiro atoms. The molecule has 1 aromatic rings. The van der Waals surface area contributed by atoms with Crippen LogP contribution in [-0.2, 0) is 18.3 Å². The van der Waals surface area contributed by atoms with Gasteiger partial charge in [0, 0.05) is 19.2 Å². The maximum Gasteiger partial charge on any atom is 0.224 e. The summed E-state index contributed by atoms with van der Waals surface area (Å²) in [7, 11) is 1.74. The van der Waals surface area contributed by atoms with Gasteiger partial charge in [0.25, 0.3) is 0 Å². The van der Waals surface area contributed by atoms with E-state index in [1.807, 2.05) is 6.92 Å². The second kappa shape index (κ2) is 5.28. The van der Waals surface area contributed by atoms with Gasteiger partial charge in [0.15, 0.2) is 0 Å². The van der Waals surface area contributed by atoms with Gasteiger partial charge < -0.3 is 10.4 Å². The van der Waals surface area contributed by atoms with Crippen molar-refractivity contribution in [2.75, 3.05) is 6.54 Å². The molecule has 1 fully saturated rings. The number of aryl methyl sites for hydroxylation is 2. The minimum Gasteiger partial charge on any atom is -0.391 e. The van der Waals surface area contributed by atoms with E-state index in [-0.39, 0.29) is 12.3 Å². The highest BCUT2D eigenvalue weighted by Gasteiger charge is 2.29. The van der Waals surface area contributed by atoms with E-state index in [9.17, 15) is 9.90 Å². The summed E-state index contributed by atoms with van der Waals surface area (Å²) in [5.74, 6) is 0.238. The van der Waals surface area contributed by atoms with Crippen LogP contribution in [0.5, 0.6) is 0 Å². The van der Waals surface area contributed by atoms with Crippen molar-refractivity contribution >= 4 is 17.5 Å². The van der Waals surface area contributed by atoms with Crippen LogP contribution >= 0.6 is 11.6 Å². The van der Waals surface area contributed by atoms with Gasteiger partial charge in [0.2, 0.25) is 5.91 Å². The topological polar surface area (TPSA) is 67.2 Å². The lowest BCUT2D eigenvalue weighted by atomic mass is 10.2. The van der Waals surface area contributed by atoms with Crippen molar-refractivity contribution in [1.82, 2.24) is 15.1 Å². The third-order valence-electron chi connectivity index (χ3n) is 3.28. The SMILES string of the molecule is Cc1nn(C)c(Cl)c1CC(=O)NCC(O)C1CC1. The lowest BCUT2D eigenvalue weighted by Gasteiger charge is -2.10. The van der Waals surface area contributed by atoms with E-state index < -0.39 is 6.10 Å². The molecule has 18 heavy (non-hydrogen) atoms. The summed E-state index contributed by atoms with van der Waals surface area (Å²) in [4.78, 5) is 11.8. The Hall–Kier alpha value is -1.07. The number of aromatic nitrogens is 2. The second-order valence-electron chi connectivity index (χ2n) is 4.86. The molecule has 2 rings (SSSR count). The molecule has 1 unspecified atom stereocenters. The summed E-state index contributed by atoms with van der Waals surface area (Å²) >= 11 is 6.05. The molecule has 2 N–H and O–H groups in total. The van der Waals surface area contributed by atoms with Crippen molar-refractivity contribution in [1.29, 1.82) is 0 Å². The van der Waals surface area contributed by atoms with Gasteiger partial charge in [0.1, 0.15) is 5.15 Å². The number of rotatable bonds is 5. The molecule has 1 saturated carbocycles. The third-order valence-corrected chi connectivity index (χ3v) is 3.75. The van der Waals surface area contributed by atoms with Gasteiger partial charge in [-0.15, -0.1) is 0 Å². The molecule has 5 nitrogen and oxygen atoms in total. The van der Waals surface area contributed by atoms with Crippen LogP contribution in [0.4, 0.5) is 0 Å². The van der Waals surface area contributed by atoms with Gasteiger partial charge in [-0.2, -0.15) is 5.10 Å². The van der Waals surface area contributed by atoms with Crippen LogP contribution in [0.25, 0.3) is 0 Å². The summed E-state index contributed by atoms with van der Waals surface area (Å²) in [6, 6.07) is 0. The molecule has 0 aliphatic heterocycles. The van der Waals surface area contributed by atoms with Gasteiger partial charge in [-0.05, 0) is 25.7 Å². The smallest absolute Gasteiger partial charge is 0.224 e. The summed E-state index contributed by atoms with van der Waals surface area (Å²) in [5.41, 5.74) is 1.51. The molecule has 1 atom stereocenters.